The quantitative estimate of drug-likeness (QED) is 0.493. The molecule has 1 aromatic heterocycles. The molecule has 0 spiro atoms. The molecule has 0 aliphatic carbocycles. The van der Waals surface area contributed by atoms with E-state index in [-0.39, 0.29) is 46.3 Å². The van der Waals surface area contributed by atoms with Crippen molar-refractivity contribution in [1.29, 1.82) is 0 Å². The lowest BCUT2D eigenvalue weighted by Gasteiger charge is -2.12. The van der Waals surface area contributed by atoms with Crippen molar-refractivity contribution >= 4 is 16.9 Å². The van der Waals surface area contributed by atoms with Gasteiger partial charge in [0.1, 0.15) is 28.2 Å². The number of carbonyl (C=O) groups excluding carboxylic acids is 1. The van der Waals surface area contributed by atoms with E-state index in [1.54, 1.807) is 31.4 Å². The van der Waals surface area contributed by atoms with Crippen LogP contribution >= 0.6 is 0 Å². The van der Waals surface area contributed by atoms with Crippen LogP contribution in [0.3, 0.4) is 0 Å². The van der Waals surface area contributed by atoms with Crippen molar-refractivity contribution in [2.75, 3.05) is 14.2 Å². The lowest BCUT2D eigenvalue weighted by atomic mass is 10.1. The number of ether oxygens (including phenoxy) is 3. The summed E-state index contributed by atoms with van der Waals surface area (Å²) < 4.78 is 21.6. The molecule has 3 rings (SSSR count). The molecule has 3 aromatic rings. The first-order chi connectivity index (χ1) is 13.8. The molecule has 0 unspecified atom stereocenters. The van der Waals surface area contributed by atoms with Gasteiger partial charge < -0.3 is 23.7 Å². The van der Waals surface area contributed by atoms with Crippen LogP contribution < -0.4 is 19.6 Å². The topological polar surface area (TPSA) is 95.2 Å². The molecule has 0 aliphatic rings. The number of esters is 1. The fraction of sp³-hybridized carbons (Fsp3) is 0.273. The number of benzene rings is 2. The standard InChI is InChI=1S/C22H22O7/c1-12(2)9-18(24)28-15-10-16(23)19-17(11-15)29-21(22(27-4)20(19)25)13-5-7-14(26-3)8-6-13/h5-8,10-12,23H,9H2,1-4H3. The molecule has 7 nitrogen and oxygen atoms in total. The molecule has 152 valence electrons. The van der Waals surface area contributed by atoms with Crippen LogP contribution in [-0.2, 0) is 4.79 Å². The summed E-state index contributed by atoms with van der Waals surface area (Å²) in [7, 11) is 2.90. The maximum absolute atomic E-state index is 12.9. The van der Waals surface area contributed by atoms with Crippen molar-refractivity contribution in [3.8, 4) is 34.3 Å². The van der Waals surface area contributed by atoms with Gasteiger partial charge in [-0.25, -0.2) is 0 Å². The smallest absolute Gasteiger partial charge is 0.311 e. The molecule has 0 fully saturated rings. The second-order valence-corrected chi connectivity index (χ2v) is 6.91. The minimum Gasteiger partial charge on any atom is -0.507 e. The van der Waals surface area contributed by atoms with Crippen LogP contribution in [0.4, 0.5) is 0 Å². The third-order valence-corrected chi connectivity index (χ3v) is 4.27. The van der Waals surface area contributed by atoms with Crippen LogP contribution in [0.25, 0.3) is 22.3 Å². The Morgan fingerprint density at radius 3 is 2.34 bits per heavy atom. The second-order valence-electron chi connectivity index (χ2n) is 6.91. The Morgan fingerprint density at radius 2 is 1.76 bits per heavy atom. The molecule has 0 saturated heterocycles. The van der Waals surface area contributed by atoms with Gasteiger partial charge in [-0.3, -0.25) is 9.59 Å². The molecular formula is C22H22O7. The highest BCUT2D eigenvalue weighted by atomic mass is 16.5. The lowest BCUT2D eigenvalue weighted by molar-refractivity contribution is -0.135. The highest BCUT2D eigenvalue weighted by molar-refractivity contribution is 5.89. The molecule has 0 aliphatic heterocycles. The summed E-state index contributed by atoms with van der Waals surface area (Å²) in [6.07, 6.45) is 0.225. The molecule has 0 radical (unpaired) electrons. The van der Waals surface area contributed by atoms with Gasteiger partial charge in [-0.15, -0.1) is 0 Å². The summed E-state index contributed by atoms with van der Waals surface area (Å²) in [6.45, 7) is 3.79. The maximum atomic E-state index is 12.9. The van der Waals surface area contributed by atoms with E-state index in [0.717, 1.165) is 0 Å². The first-order valence-electron chi connectivity index (χ1n) is 9.07. The van der Waals surface area contributed by atoms with Crippen LogP contribution in [0.5, 0.6) is 23.0 Å². The number of carbonyl (C=O) groups is 1. The van der Waals surface area contributed by atoms with Gasteiger partial charge in [0, 0.05) is 24.1 Å². The van der Waals surface area contributed by atoms with Crippen molar-refractivity contribution in [2.24, 2.45) is 5.92 Å². The van der Waals surface area contributed by atoms with Gasteiger partial charge >= 0.3 is 5.97 Å². The van der Waals surface area contributed by atoms with Gasteiger partial charge in [-0.1, -0.05) is 13.8 Å². The normalized spacial score (nSPS) is 10.9. The Kier molecular flexibility index (Phi) is 5.77. The largest absolute Gasteiger partial charge is 0.507 e. The summed E-state index contributed by atoms with van der Waals surface area (Å²) in [6, 6.07) is 9.50. The van der Waals surface area contributed by atoms with Gasteiger partial charge in [0.2, 0.25) is 11.2 Å². The number of rotatable bonds is 6. The molecule has 7 heteroatoms. The van der Waals surface area contributed by atoms with Crippen LogP contribution in [0.2, 0.25) is 0 Å². The number of phenolic OH excluding ortho intramolecular Hbond substituents is 1. The summed E-state index contributed by atoms with van der Waals surface area (Å²) in [5.74, 6) is 0.219. The number of hydrogen-bond acceptors (Lipinski definition) is 7. The number of fused-ring (bicyclic) bond motifs is 1. The van der Waals surface area contributed by atoms with Crippen molar-refractivity contribution in [3.05, 3.63) is 46.6 Å². The zero-order valence-electron chi connectivity index (χ0n) is 16.6. The Morgan fingerprint density at radius 1 is 1.07 bits per heavy atom. The average Bonchev–Trinajstić information content (AvgIpc) is 2.66. The summed E-state index contributed by atoms with van der Waals surface area (Å²) in [4.78, 5) is 24.9. The molecule has 1 N–H and O–H groups in total. The monoisotopic (exact) mass is 398 g/mol. The molecule has 0 bridgehead atoms. The van der Waals surface area contributed by atoms with Crippen LogP contribution in [0.1, 0.15) is 20.3 Å². The molecule has 0 amide bonds. The van der Waals surface area contributed by atoms with E-state index in [0.29, 0.717) is 11.3 Å². The third kappa shape index (κ3) is 4.18. The van der Waals surface area contributed by atoms with E-state index in [2.05, 4.69) is 0 Å². The molecule has 0 saturated carbocycles. The first kappa shape index (κ1) is 20.3. The Labute approximate surface area is 167 Å². The van der Waals surface area contributed by atoms with Gasteiger partial charge in [0.05, 0.1) is 14.2 Å². The van der Waals surface area contributed by atoms with Gasteiger partial charge in [0.25, 0.3) is 0 Å². The minimum atomic E-state index is -0.530. The predicted molar refractivity (Wildman–Crippen MR) is 108 cm³/mol. The van der Waals surface area contributed by atoms with E-state index in [1.807, 2.05) is 13.8 Å². The number of methoxy groups -OCH3 is 2. The van der Waals surface area contributed by atoms with Crippen molar-refractivity contribution in [2.45, 2.75) is 20.3 Å². The van der Waals surface area contributed by atoms with E-state index >= 15 is 0 Å². The molecule has 1 heterocycles. The van der Waals surface area contributed by atoms with E-state index in [4.69, 9.17) is 18.6 Å². The molecule has 2 aromatic carbocycles. The molecular weight excluding hydrogens is 376 g/mol. The first-order valence-corrected chi connectivity index (χ1v) is 9.07. The molecule has 29 heavy (non-hydrogen) atoms. The Bertz CT molecular complexity index is 1090. The van der Waals surface area contributed by atoms with Crippen molar-refractivity contribution in [3.63, 3.8) is 0 Å². The van der Waals surface area contributed by atoms with Crippen LogP contribution in [-0.4, -0.2) is 25.3 Å². The van der Waals surface area contributed by atoms with E-state index in [9.17, 15) is 14.7 Å². The average molecular weight is 398 g/mol. The Balaban J connectivity index is 2.14. The fourth-order valence-electron chi connectivity index (χ4n) is 2.94. The lowest BCUT2D eigenvalue weighted by Crippen LogP contribution is -2.11. The van der Waals surface area contributed by atoms with Gasteiger partial charge in [0.15, 0.2) is 5.76 Å². The van der Waals surface area contributed by atoms with Crippen LogP contribution in [0, 0.1) is 5.92 Å². The molecule has 0 atom stereocenters. The SMILES string of the molecule is COc1ccc(-c2oc3cc(OC(=O)CC(C)C)cc(O)c3c(=O)c2OC)cc1. The number of hydrogen-bond donors (Lipinski definition) is 1. The van der Waals surface area contributed by atoms with E-state index in [1.165, 1.54) is 19.2 Å². The second kappa shape index (κ2) is 8.26. The van der Waals surface area contributed by atoms with Gasteiger partial charge in [-0.05, 0) is 30.2 Å². The van der Waals surface area contributed by atoms with Crippen molar-refractivity contribution in [1.82, 2.24) is 0 Å². The predicted octanol–water partition coefficient (Wildman–Crippen LogP) is 4.13. The number of phenols is 1. The zero-order valence-corrected chi connectivity index (χ0v) is 16.6. The third-order valence-electron chi connectivity index (χ3n) is 4.27. The summed E-state index contributed by atoms with van der Waals surface area (Å²) in [5.41, 5.74) is 0.134. The highest BCUT2D eigenvalue weighted by Gasteiger charge is 2.21. The summed E-state index contributed by atoms with van der Waals surface area (Å²) >= 11 is 0. The van der Waals surface area contributed by atoms with Gasteiger partial charge in [-0.2, -0.15) is 0 Å². The summed E-state index contributed by atoms with van der Waals surface area (Å²) in [5, 5.41) is 10.3. The Hall–Kier alpha value is -3.48. The fourth-order valence-corrected chi connectivity index (χ4v) is 2.94. The van der Waals surface area contributed by atoms with Crippen molar-refractivity contribution < 1.29 is 28.5 Å². The van der Waals surface area contributed by atoms with Crippen LogP contribution in [0.15, 0.2) is 45.6 Å². The zero-order chi connectivity index (χ0) is 21.1. The van der Waals surface area contributed by atoms with E-state index < -0.39 is 11.4 Å². The minimum absolute atomic E-state index is 0.0393. The highest BCUT2D eigenvalue weighted by Crippen LogP contribution is 2.36. The maximum Gasteiger partial charge on any atom is 0.311 e. The number of aromatic hydroxyl groups is 1.